The lowest BCUT2D eigenvalue weighted by molar-refractivity contribution is 0.102. The van der Waals surface area contributed by atoms with Crippen LogP contribution in [0.2, 0.25) is 0 Å². The molecule has 20 heavy (non-hydrogen) atoms. The highest BCUT2D eigenvalue weighted by Crippen LogP contribution is 2.28. The lowest BCUT2D eigenvalue weighted by Gasteiger charge is -2.12. The molecular weight excluding hydrogens is 256 g/mol. The van der Waals surface area contributed by atoms with Crippen LogP contribution in [0, 0.1) is 6.92 Å². The van der Waals surface area contributed by atoms with E-state index in [1.54, 1.807) is 43.3 Å². The molecule has 2 rings (SSSR count). The second-order valence-corrected chi connectivity index (χ2v) is 4.38. The number of anilines is 2. The van der Waals surface area contributed by atoms with E-state index in [2.05, 4.69) is 5.32 Å². The van der Waals surface area contributed by atoms with Gasteiger partial charge in [0.15, 0.2) is 0 Å². The van der Waals surface area contributed by atoms with Crippen molar-refractivity contribution in [1.29, 1.82) is 0 Å². The summed E-state index contributed by atoms with van der Waals surface area (Å²) in [6.07, 6.45) is 0. The van der Waals surface area contributed by atoms with Gasteiger partial charge in [-0.05, 0) is 36.8 Å². The third kappa shape index (κ3) is 2.66. The van der Waals surface area contributed by atoms with Gasteiger partial charge in [-0.1, -0.05) is 12.1 Å². The number of carbonyl (C=O) groups is 1. The Morgan fingerprint density at radius 1 is 1.30 bits per heavy atom. The number of hydrogen-bond acceptors (Lipinski definition) is 4. The molecule has 2 aromatic rings. The van der Waals surface area contributed by atoms with Crippen molar-refractivity contribution >= 4 is 17.3 Å². The van der Waals surface area contributed by atoms with Gasteiger partial charge in [0.1, 0.15) is 11.5 Å². The number of amides is 1. The molecule has 0 fully saturated rings. The Hall–Kier alpha value is -2.69. The van der Waals surface area contributed by atoms with E-state index in [4.69, 9.17) is 10.5 Å². The lowest BCUT2D eigenvalue weighted by Crippen LogP contribution is -2.13. The largest absolute Gasteiger partial charge is 0.507 e. The zero-order chi connectivity index (χ0) is 14.7. The normalized spacial score (nSPS) is 10.1. The predicted molar refractivity (Wildman–Crippen MR) is 78.2 cm³/mol. The van der Waals surface area contributed by atoms with Gasteiger partial charge >= 0.3 is 0 Å². The fraction of sp³-hybridized carbons (Fsp3) is 0.133. The maximum Gasteiger partial charge on any atom is 0.259 e. The molecule has 0 aliphatic heterocycles. The summed E-state index contributed by atoms with van der Waals surface area (Å²) in [5.74, 6) is 0.0441. The van der Waals surface area contributed by atoms with Crippen molar-refractivity contribution < 1.29 is 14.6 Å². The zero-order valence-corrected chi connectivity index (χ0v) is 11.3. The molecule has 0 atom stereocenters. The number of ether oxygens (including phenoxy) is 1. The summed E-state index contributed by atoms with van der Waals surface area (Å²) < 4.78 is 5.16. The summed E-state index contributed by atoms with van der Waals surface area (Å²) in [6, 6.07) is 9.94. The molecule has 0 heterocycles. The zero-order valence-electron chi connectivity index (χ0n) is 11.3. The lowest BCUT2D eigenvalue weighted by atomic mass is 10.1. The molecule has 5 nitrogen and oxygen atoms in total. The maximum absolute atomic E-state index is 12.2. The Bertz CT molecular complexity index is 654. The van der Waals surface area contributed by atoms with E-state index in [1.165, 1.54) is 7.11 Å². The van der Waals surface area contributed by atoms with Crippen molar-refractivity contribution in [3.8, 4) is 11.5 Å². The molecule has 0 unspecified atom stereocenters. The Kier molecular flexibility index (Phi) is 3.79. The molecular formula is C15H16N2O3. The predicted octanol–water partition coefficient (Wildman–Crippen LogP) is 2.54. The molecule has 0 saturated carbocycles. The highest BCUT2D eigenvalue weighted by molar-refractivity contribution is 6.07. The van der Waals surface area contributed by atoms with Crippen LogP contribution in [0.15, 0.2) is 36.4 Å². The number of aromatic hydroxyl groups is 1. The van der Waals surface area contributed by atoms with Crippen molar-refractivity contribution in [2.75, 3.05) is 18.2 Å². The van der Waals surface area contributed by atoms with E-state index in [0.29, 0.717) is 22.7 Å². The average molecular weight is 272 g/mol. The Labute approximate surface area is 117 Å². The third-order valence-corrected chi connectivity index (χ3v) is 2.95. The van der Waals surface area contributed by atoms with Gasteiger partial charge in [0.25, 0.3) is 5.91 Å². The smallest absolute Gasteiger partial charge is 0.259 e. The van der Waals surface area contributed by atoms with Crippen LogP contribution in [0.5, 0.6) is 11.5 Å². The van der Waals surface area contributed by atoms with Crippen molar-refractivity contribution in [1.82, 2.24) is 0 Å². The number of aryl methyl sites for hydroxylation is 1. The van der Waals surface area contributed by atoms with Crippen LogP contribution in [-0.4, -0.2) is 18.1 Å². The summed E-state index contributed by atoms with van der Waals surface area (Å²) >= 11 is 0. The molecule has 4 N–H and O–H groups in total. The van der Waals surface area contributed by atoms with Crippen LogP contribution in [-0.2, 0) is 0 Å². The Morgan fingerprint density at radius 3 is 2.75 bits per heavy atom. The number of hydrogen-bond donors (Lipinski definition) is 3. The van der Waals surface area contributed by atoms with Crippen LogP contribution in [0.1, 0.15) is 15.9 Å². The minimum atomic E-state index is -0.421. The van der Waals surface area contributed by atoms with Crippen molar-refractivity contribution in [2.45, 2.75) is 6.92 Å². The number of nitrogen functional groups attached to an aromatic ring is 1. The second-order valence-electron chi connectivity index (χ2n) is 4.38. The first-order chi connectivity index (χ1) is 9.52. The number of nitrogens with two attached hydrogens (primary N) is 1. The van der Waals surface area contributed by atoms with E-state index >= 15 is 0 Å². The highest BCUT2D eigenvalue weighted by Gasteiger charge is 2.14. The van der Waals surface area contributed by atoms with Gasteiger partial charge in [0.2, 0.25) is 0 Å². The molecule has 1 amide bonds. The summed E-state index contributed by atoms with van der Waals surface area (Å²) in [4.78, 5) is 12.2. The summed E-state index contributed by atoms with van der Waals surface area (Å²) in [5.41, 5.74) is 7.50. The number of phenolic OH excluding ortho intramolecular Hbond substituents is 1. The molecule has 2 aromatic carbocycles. The molecule has 0 aliphatic carbocycles. The van der Waals surface area contributed by atoms with Crippen LogP contribution in [0.3, 0.4) is 0 Å². The Balaban J connectivity index is 2.32. The van der Waals surface area contributed by atoms with Crippen LogP contribution in [0.25, 0.3) is 0 Å². The van der Waals surface area contributed by atoms with Crippen molar-refractivity contribution in [2.24, 2.45) is 0 Å². The van der Waals surface area contributed by atoms with Gasteiger partial charge in [-0.25, -0.2) is 0 Å². The first-order valence-electron chi connectivity index (χ1n) is 6.06. The minimum absolute atomic E-state index is 0.0344. The molecule has 0 bridgehead atoms. The summed E-state index contributed by atoms with van der Waals surface area (Å²) in [7, 11) is 1.51. The van der Waals surface area contributed by atoms with Crippen molar-refractivity contribution in [3.05, 3.63) is 47.5 Å². The summed E-state index contributed by atoms with van der Waals surface area (Å²) in [6.45, 7) is 1.73. The van der Waals surface area contributed by atoms with E-state index in [9.17, 15) is 9.90 Å². The number of nitrogens with one attached hydrogen (secondary N) is 1. The number of rotatable bonds is 3. The second kappa shape index (κ2) is 5.52. The van der Waals surface area contributed by atoms with Crippen LogP contribution < -0.4 is 15.8 Å². The molecule has 0 aliphatic rings. The molecule has 0 radical (unpaired) electrons. The number of carbonyl (C=O) groups excluding carboxylic acids is 1. The molecule has 0 aromatic heterocycles. The first-order valence-corrected chi connectivity index (χ1v) is 6.06. The van der Waals surface area contributed by atoms with E-state index < -0.39 is 5.91 Å². The van der Waals surface area contributed by atoms with Gasteiger partial charge in [-0.15, -0.1) is 0 Å². The Morgan fingerprint density at radius 2 is 2.05 bits per heavy atom. The maximum atomic E-state index is 12.2. The molecule has 0 spiro atoms. The van der Waals surface area contributed by atoms with Gasteiger partial charge in [-0.3, -0.25) is 4.79 Å². The quantitative estimate of drug-likeness (QED) is 0.750. The minimum Gasteiger partial charge on any atom is -0.507 e. The molecule has 5 heteroatoms. The van der Waals surface area contributed by atoms with Gasteiger partial charge < -0.3 is 20.9 Å². The standard InChI is InChI=1S/C15H16N2O3/c1-9-4-3-5-11(14(9)18)15(19)17-12-8-10(16)6-7-13(12)20-2/h3-8,18H,16H2,1-2H3,(H,17,19). The number of methoxy groups -OCH3 is 1. The van der Waals surface area contributed by atoms with Gasteiger partial charge in [0, 0.05) is 5.69 Å². The number of para-hydroxylation sites is 1. The first kappa shape index (κ1) is 13.7. The monoisotopic (exact) mass is 272 g/mol. The topological polar surface area (TPSA) is 84.6 Å². The highest BCUT2D eigenvalue weighted by atomic mass is 16.5. The van der Waals surface area contributed by atoms with E-state index in [1.807, 2.05) is 0 Å². The fourth-order valence-corrected chi connectivity index (χ4v) is 1.86. The SMILES string of the molecule is COc1ccc(N)cc1NC(=O)c1cccc(C)c1O. The fourth-order valence-electron chi connectivity index (χ4n) is 1.86. The van der Waals surface area contributed by atoms with Gasteiger partial charge in [0.05, 0.1) is 18.4 Å². The molecule has 104 valence electrons. The van der Waals surface area contributed by atoms with Crippen LogP contribution >= 0.6 is 0 Å². The molecule has 0 saturated heterocycles. The van der Waals surface area contributed by atoms with Crippen LogP contribution in [0.4, 0.5) is 11.4 Å². The average Bonchev–Trinajstić information content (AvgIpc) is 2.42. The third-order valence-electron chi connectivity index (χ3n) is 2.95. The summed E-state index contributed by atoms with van der Waals surface area (Å²) in [5, 5.41) is 12.6. The van der Waals surface area contributed by atoms with Crippen molar-refractivity contribution in [3.63, 3.8) is 0 Å². The van der Waals surface area contributed by atoms with E-state index in [-0.39, 0.29) is 11.3 Å². The number of benzene rings is 2. The van der Waals surface area contributed by atoms with E-state index in [0.717, 1.165) is 0 Å². The van der Waals surface area contributed by atoms with Gasteiger partial charge in [-0.2, -0.15) is 0 Å². The number of phenols is 1.